The van der Waals surface area contributed by atoms with Gasteiger partial charge < -0.3 is 5.73 Å². The van der Waals surface area contributed by atoms with Gasteiger partial charge in [0.25, 0.3) is 0 Å². The predicted octanol–water partition coefficient (Wildman–Crippen LogP) is 2.27. The highest BCUT2D eigenvalue weighted by atomic mass is 32.2. The molecule has 2 aromatic rings. The van der Waals surface area contributed by atoms with E-state index < -0.39 is 15.8 Å². The summed E-state index contributed by atoms with van der Waals surface area (Å²) < 4.78 is 40.8. The van der Waals surface area contributed by atoms with E-state index in [9.17, 15) is 12.8 Å². The quantitative estimate of drug-likeness (QED) is 0.843. The number of benzene rings is 1. The lowest BCUT2D eigenvalue weighted by Crippen LogP contribution is -2.25. The monoisotopic (exact) mass is 329 g/mol. The fraction of sp³-hybridized carbons (Fsp3) is 0.308. The van der Waals surface area contributed by atoms with Crippen LogP contribution in [-0.4, -0.2) is 13.4 Å². The normalized spacial score (nSPS) is 11.8. The van der Waals surface area contributed by atoms with Gasteiger partial charge in [0.05, 0.1) is 15.6 Å². The van der Waals surface area contributed by atoms with Gasteiger partial charge in [-0.1, -0.05) is 0 Å². The third kappa shape index (κ3) is 3.22. The van der Waals surface area contributed by atoms with Crippen molar-refractivity contribution in [1.29, 1.82) is 0 Å². The molecule has 1 aromatic carbocycles. The molecule has 0 radical (unpaired) electrons. The molecule has 1 aromatic heterocycles. The topological polar surface area (TPSA) is 85.1 Å². The number of aromatic nitrogens is 1. The van der Waals surface area contributed by atoms with Crippen LogP contribution in [0.3, 0.4) is 0 Å². The van der Waals surface area contributed by atoms with E-state index in [1.54, 1.807) is 13.1 Å². The van der Waals surface area contributed by atoms with E-state index in [4.69, 9.17) is 5.73 Å². The van der Waals surface area contributed by atoms with Crippen LogP contribution in [0.25, 0.3) is 0 Å². The van der Waals surface area contributed by atoms with E-state index >= 15 is 0 Å². The number of nitrogens with one attached hydrogen (secondary N) is 1. The van der Waals surface area contributed by atoms with E-state index in [0.717, 1.165) is 16.0 Å². The van der Waals surface area contributed by atoms with Crippen molar-refractivity contribution in [2.45, 2.75) is 32.2 Å². The molecule has 0 atom stereocenters. The predicted molar refractivity (Wildman–Crippen MR) is 81.2 cm³/mol. The first kappa shape index (κ1) is 15.9. The minimum Gasteiger partial charge on any atom is -0.396 e. The van der Waals surface area contributed by atoms with E-state index in [2.05, 4.69) is 9.71 Å². The zero-order chi connectivity index (χ0) is 15.8. The summed E-state index contributed by atoms with van der Waals surface area (Å²) >= 11 is 1.41. The number of aryl methyl sites for hydroxylation is 2. The highest BCUT2D eigenvalue weighted by molar-refractivity contribution is 7.89. The fourth-order valence-electron chi connectivity index (χ4n) is 2.07. The van der Waals surface area contributed by atoms with Crippen molar-refractivity contribution in [3.8, 4) is 0 Å². The van der Waals surface area contributed by atoms with Gasteiger partial charge in [-0.15, -0.1) is 11.3 Å². The number of halogens is 1. The smallest absolute Gasteiger partial charge is 0.241 e. The largest absolute Gasteiger partial charge is 0.396 e. The number of thiazole rings is 1. The zero-order valence-corrected chi connectivity index (χ0v) is 13.5. The Morgan fingerprint density at radius 1 is 1.38 bits per heavy atom. The van der Waals surface area contributed by atoms with Gasteiger partial charge >= 0.3 is 0 Å². The standard InChI is InChI=1S/C13H16FN3O2S2/c1-7-4-11(14)12(15)8(2)13(7)21(18,19)17-6-10-5-16-9(3)20-10/h4-5,17H,6,15H2,1-3H3. The van der Waals surface area contributed by atoms with Gasteiger partial charge in [0.15, 0.2) is 0 Å². The van der Waals surface area contributed by atoms with Crippen molar-refractivity contribution in [3.05, 3.63) is 39.1 Å². The first-order valence-corrected chi connectivity index (χ1v) is 8.48. The molecule has 3 N–H and O–H groups in total. The molecule has 0 bridgehead atoms. The first-order chi connectivity index (χ1) is 9.72. The van der Waals surface area contributed by atoms with Crippen LogP contribution < -0.4 is 10.5 Å². The minimum atomic E-state index is -3.77. The van der Waals surface area contributed by atoms with Crippen molar-refractivity contribution in [2.75, 3.05) is 5.73 Å². The highest BCUT2D eigenvalue weighted by Gasteiger charge is 2.22. The molecule has 5 nitrogen and oxygen atoms in total. The summed E-state index contributed by atoms with van der Waals surface area (Å²) in [6, 6.07) is 1.13. The summed E-state index contributed by atoms with van der Waals surface area (Å²) in [5, 5.41) is 0.864. The Hall–Kier alpha value is -1.51. The van der Waals surface area contributed by atoms with Crippen LogP contribution in [0.2, 0.25) is 0 Å². The highest BCUT2D eigenvalue weighted by Crippen LogP contribution is 2.27. The van der Waals surface area contributed by atoms with Gasteiger partial charge in [-0.2, -0.15) is 0 Å². The maximum absolute atomic E-state index is 13.5. The molecule has 8 heteroatoms. The third-order valence-electron chi connectivity index (χ3n) is 3.08. The molecule has 2 rings (SSSR count). The molecule has 114 valence electrons. The number of anilines is 1. The Bertz CT molecular complexity index is 785. The van der Waals surface area contributed by atoms with E-state index in [1.807, 2.05) is 6.92 Å². The Kier molecular flexibility index (Phi) is 4.31. The molecule has 21 heavy (non-hydrogen) atoms. The molecule has 0 amide bonds. The van der Waals surface area contributed by atoms with Gasteiger partial charge in [-0.25, -0.2) is 22.5 Å². The number of sulfonamides is 1. The van der Waals surface area contributed by atoms with Crippen LogP contribution in [0.15, 0.2) is 17.2 Å². The molecule has 0 saturated carbocycles. The number of hydrogen-bond donors (Lipinski definition) is 2. The average molecular weight is 329 g/mol. The van der Waals surface area contributed by atoms with Crippen LogP contribution >= 0.6 is 11.3 Å². The molecule has 0 unspecified atom stereocenters. The summed E-state index contributed by atoms with van der Waals surface area (Å²) in [7, 11) is -3.77. The second-order valence-corrected chi connectivity index (χ2v) is 7.74. The second-order valence-electron chi connectivity index (χ2n) is 4.71. The van der Waals surface area contributed by atoms with Gasteiger partial charge in [0, 0.05) is 17.6 Å². The van der Waals surface area contributed by atoms with Gasteiger partial charge in [0.2, 0.25) is 10.0 Å². The summed E-state index contributed by atoms with van der Waals surface area (Å²) in [6.45, 7) is 5.03. The van der Waals surface area contributed by atoms with Gasteiger partial charge in [-0.05, 0) is 38.0 Å². The summed E-state index contributed by atoms with van der Waals surface area (Å²) in [5.41, 5.74) is 5.99. The zero-order valence-electron chi connectivity index (χ0n) is 11.9. The van der Waals surface area contributed by atoms with Crippen molar-refractivity contribution < 1.29 is 12.8 Å². The summed E-state index contributed by atoms with van der Waals surface area (Å²) in [4.78, 5) is 4.90. The van der Waals surface area contributed by atoms with Crippen molar-refractivity contribution in [1.82, 2.24) is 9.71 Å². The fourth-order valence-corrected chi connectivity index (χ4v) is 4.38. The van der Waals surface area contributed by atoms with Crippen LogP contribution in [0.5, 0.6) is 0 Å². The first-order valence-electron chi connectivity index (χ1n) is 6.18. The number of rotatable bonds is 4. The number of nitrogens with two attached hydrogens (primary N) is 1. The molecule has 0 fully saturated rings. The Morgan fingerprint density at radius 2 is 2.05 bits per heavy atom. The maximum atomic E-state index is 13.5. The number of nitrogens with zero attached hydrogens (tertiary/aromatic N) is 1. The molecule has 0 saturated heterocycles. The van der Waals surface area contributed by atoms with E-state index in [0.29, 0.717) is 5.56 Å². The van der Waals surface area contributed by atoms with Crippen LogP contribution in [-0.2, 0) is 16.6 Å². The van der Waals surface area contributed by atoms with Crippen LogP contribution in [0.1, 0.15) is 21.0 Å². The van der Waals surface area contributed by atoms with Crippen LogP contribution in [0.4, 0.5) is 10.1 Å². The SMILES string of the molecule is Cc1ncc(CNS(=O)(=O)c2c(C)cc(F)c(N)c2C)s1. The molecular formula is C13H16FN3O2S2. The number of hydrogen-bond acceptors (Lipinski definition) is 5. The van der Waals surface area contributed by atoms with Crippen LogP contribution in [0, 0.1) is 26.6 Å². The van der Waals surface area contributed by atoms with Crippen molar-refractivity contribution >= 4 is 27.0 Å². The number of nitrogen functional groups attached to an aromatic ring is 1. The molecule has 0 aliphatic heterocycles. The summed E-state index contributed by atoms with van der Waals surface area (Å²) in [5.74, 6) is -0.609. The Morgan fingerprint density at radius 3 is 2.62 bits per heavy atom. The second kappa shape index (κ2) is 5.70. The lowest BCUT2D eigenvalue weighted by Gasteiger charge is -2.14. The lowest BCUT2D eigenvalue weighted by atomic mass is 10.1. The Balaban J connectivity index is 2.34. The van der Waals surface area contributed by atoms with E-state index in [-0.39, 0.29) is 22.7 Å². The van der Waals surface area contributed by atoms with Gasteiger partial charge in [-0.3, -0.25) is 0 Å². The minimum absolute atomic E-state index is 0.0302. The van der Waals surface area contributed by atoms with Crippen molar-refractivity contribution in [2.24, 2.45) is 0 Å². The molecule has 1 heterocycles. The molecule has 0 aliphatic rings. The van der Waals surface area contributed by atoms with Crippen molar-refractivity contribution in [3.63, 3.8) is 0 Å². The van der Waals surface area contributed by atoms with Gasteiger partial charge in [0.1, 0.15) is 5.82 Å². The average Bonchev–Trinajstić information content (AvgIpc) is 2.79. The van der Waals surface area contributed by atoms with E-state index in [1.165, 1.54) is 18.3 Å². The Labute approximate surface area is 127 Å². The lowest BCUT2D eigenvalue weighted by molar-refractivity contribution is 0.579. The molecular weight excluding hydrogens is 313 g/mol. The molecule has 0 aliphatic carbocycles. The third-order valence-corrected chi connectivity index (χ3v) is 5.68. The maximum Gasteiger partial charge on any atom is 0.241 e. The molecule has 0 spiro atoms. The summed E-state index contributed by atoms with van der Waals surface area (Å²) in [6.07, 6.45) is 1.63.